The summed E-state index contributed by atoms with van der Waals surface area (Å²) in [6.45, 7) is 0. The molecule has 0 atom stereocenters. The van der Waals surface area contributed by atoms with Gasteiger partial charge < -0.3 is 14.2 Å². The van der Waals surface area contributed by atoms with Crippen molar-refractivity contribution >= 4 is 27.8 Å². The van der Waals surface area contributed by atoms with Gasteiger partial charge in [-0.2, -0.15) is 13.5 Å². The molecule has 0 amide bonds. The molecular weight excluding hydrogens is 368 g/mol. The predicted octanol–water partition coefficient (Wildman–Crippen LogP) is 2.68. The van der Waals surface area contributed by atoms with Crippen LogP contribution in [0.2, 0.25) is 5.02 Å². The Kier molecular flexibility index (Phi) is 6.11. The number of sulfonamides is 1. The number of hydrogen-bond acceptors (Lipinski definition) is 6. The van der Waals surface area contributed by atoms with Crippen molar-refractivity contribution in [3.63, 3.8) is 0 Å². The zero-order valence-electron chi connectivity index (χ0n) is 13.8. The van der Waals surface area contributed by atoms with Crippen molar-refractivity contribution in [3.8, 4) is 17.2 Å². The van der Waals surface area contributed by atoms with Crippen LogP contribution in [0.3, 0.4) is 0 Å². The molecule has 0 bridgehead atoms. The van der Waals surface area contributed by atoms with Gasteiger partial charge in [0.15, 0.2) is 11.5 Å². The van der Waals surface area contributed by atoms with Crippen molar-refractivity contribution in [2.45, 2.75) is 4.90 Å². The van der Waals surface area contributed by atoms with Crippen molar-refractivity contribution in [2.24, 2.45) is 5.10 Å². The summed E-state index contributed by atoms with van der Waals surface area (Å²) in [5.41, 5.74) is 0.563. The molecule has 134 valence electrons. The van der Waals surface area contributed by atoms with Gasteiger partial charge in [-0.25, -0.2) is 4.83 Å². The van der Waals surface area contributed by atoms with Gasteiger partial charge in [-0.15, -0.1) is 0 Å². The summed E-state index contributed by atoms with van der Waals surface area (Å²) in [4.78, 5) is 2.19. The number of hydrogen-bond donors (Lipinski definition) is 1. The smallest absolute Gasteiger partial charge is 0.276 e. The van der Waals surface area contributed by atoms with Crippen LogP contribution in [0.15, 0.2) is 46.4 Å². The Balaban J connectivity index is 2.23. The fourth-order valence-electron chi connectivity index (χ4n) is 2.01. The lowest BCUT2D eigenvalue weighted by Crippen LogP contribution is -2.18. The molecule has 0 spiro atoms. The molecule has 0 radical (unpaired) electrons. The van der Waals surface area contributed by atoms with Gasteiger partial charge in [-0.1, -0.05) is 11.6 Å². The summed E-state index contributed by atoms with van der Waals surface area (Å²) in [7, 11) is 0.684. The first-order chi connectivity index (χ1) is 11.9. The summed E-state index contributed by atoms with van der Waals surface area (Å²) in [6, 6.07) is 9.03. The molecule has 2 aromatic carbocycles. The second-order valence-corrected chi connectivity index (χ2v) is 6.86. The van der Waals surface area contributed by atoms with Gasteiger partial charge in [0.2, 0.25) is 5.75 Å². The maximum absolute atomic E-state index is 12.1. The minimum absolute atomic E-state index is 0.0546. The topological polar surface area (TPSA) is 86.2 Å². The maximum Gasteiger partial charge on any atom is 0.276 e. The number of rotatable bonds is 7. The number of benzene rings is 2. The zero-order chi connectivity index (χ0) is 18.4. The van der Waals surface area contributed by atoms with Gasteiger partial charge in [0.25, 0.3) is 10.0 Å². The van der Waals surface area contributed by atoms with Gasteiger partial charge >= 0.3 is 0 Å². The number of methoxy groups -OCH3 is 3. The van der Waals surface area contributed by atoms with E-state index in [-0.39, 0.29) is 4.90 Å². The molecule has 2 aromatic rings. The molecule has 0 saturated heterocycles. The first-order valence-corrected chi connectivity index (χ1v) is 8.88. The molecule has 0 unspecified atom stereocenters. The first kappa shape index (κ1) is 18.9. The molecule has 2 rings (SSSR count). The van der Waals surface area contributed by atoms with E-state index >= 15 is 0 Å². The average Bonchev–Trinajstić information content (AvgIpc) is 2.61. The highest BCUT2D eigenvalue weighted by molar-refractivity contribution is 7.89. The minimum atomic E-state index is -3.79. The molecule has 0 saturated carbocycles. The molecule has 0 aromatic heterocycles. The Morgan fingerprint density at radius 2 is 1.56 bits per heavy atom. The Hall–Kier alpha value is -2.45. The summed E-state index contributed by atoms with van der Waals surface area (Å²) in [5, 5.41) is 4.21. The molecule has 7 nitrogen and oxygen atoms in total. The highest BCUT2D eigenvalue weighted by Crippen LogP contribution is 2.37. The highest BCUT2D eigenvalue weighted by atomic mass is 35.5. The fourth-order valence-corrected chi connectivity index (χ4v) is 2.93. The van der Waals surface area contributed by atoms with E-state index in [0.29, 0.717) is 27.8 Å². The molecule has 0 aliphatic heterocycles. The van der Waals surface area contributed by atoms with Crippen LogP contribution in [0, 0.1) is 0 Å². The monoisotopic (exact) mass is 384 g/mol. The Labute approximate surface area is 151 Å². The lowest BCUT2D eigenvalue weighted by molar-refractivity contribution is 0.324. The van der Waals surface area contributed by atoms with Gasteiger partial charge in [-0.3, -0.25) is 0 Å². The van der Waals surface area contributed by atoms with Crippen molar-refractivity contribution in [3.05, 3.63) is 47.0 Å². The van der Waals surface area contributed by atoms with Crippen LogP contribution in [0.5, 0.6) is 17.2 Å². The van der Waals surface area contributed by atoms with Crippen molar-refractivity contribution in [2.75, 3.05) is 21.3 Å². The Morgan fingerprint density at radius 3 is 2.04 bits per heavy atom. The molecule has 0 aliphatic carbocycles. The molecular formula is C16H17ClN2O5S. The van der Waals surface area contributed by atoms with E-state index in [2.05, 4.69) is 9.93 Å². The largest absolute Gasteiger partial charge is 0.493 e. The van der Waals surface area contributed by atoms with Crippen LogP contribution in [-0.2, 0) is 10.0 Å². The Bertz CT molecular complexity index is 842. The van der Waals surface area contributed by atoms with Gasteiger partial charge in [0, 0.05) is 10.6 Å². The van der Waals surface area contributed by atoms with Crippen molar-refractivity contribution in [1.29, 1.82) is 0 Å². The molecule has 1 N–H and O–H groups in total. The number of nitrogens with zero attached hydrogens (tertiary/aromatic N) is 1. The molecule has 25 heavy (non-hydrogen) atoms. The third-order valence-electron chi connectivity index (χ3n) is 3.20. The van der Waals surface area contributed by atoms with E-state index < -0.39 is 10.0 Å². The van der Waals surface area contributed by atoms with Crippen LogP contribution in [0.25, 0.3) is 0 Å². The summed E-state index contributed by atoms with van der Waals surface area (Å²) < 4.78 is 40.0. The van der Waals surface area contributed by atoms with E-state index in [0.717, 1.165) is 0 Å². The van der Waals surface area contributed by atoms with E-state index in [9.17, 15) is 8.42 Å². The second kappa shape index (κ2) is 8.09. The van der Waals surface area contributed by atoms with Gasteiger partial charge in [0.1, 0.15) is 0 Å². The second-order valence-electron chi connectivity index (χ2n) is 4.77. The molecule has 0 fully saturated rings. The molecule has 0 heterocycles. The highest BCUT2D eigenvalue weighted by Gasteiger charge is 2.14. The number of halogens is 1. The third-order valence-corrected chi connectivity index (χ3v) is 4.69. The summed E-state index contributed by atoms with van der Waals surface area (Å²) in [6.07, 6.45) is 1.33. The third kappa shape index (κ3) is 4.55. The van der Waals surface area contributed by atoms with Crippen LogP contribution in [0.4, 0.5) is 0 Å². The average molecular weight is 385 g/mol. The van der Waals surface area contributed by atoms with Crippen LogP contribution in [-0.4, -0.2) is 36.0 Å². The van der Waals surface area contributed by atoms with E-state index in [1.807, 2.05) is 0 Å². The van der Waals surface area contributed by atoms with Gasteiger partial charge in [-0.05, 0) is 36.4 Å². The van der Waals surface area contributed by atoms with Crippen LogP contribution >= 0.6 is 11.6 Å². The number of hydrazone groups is 1. The Morgan fingerprint density at radius 1 is 1.00 bits per heavy atom. The first-order valence-electron chi connectivity index (χ1n) is 7.01. The summed E-state index contributed by atoms with van der Waals surface area (Å²) in [5.74, 6) is 1.30. The predicted molar refractivity (Wildman–Crippen MR) is 95.5 cm³/mol. The lowest BCUT2D eigenvalue weighted by Gasteiger charge is -2.12. The maximum atomic E-state index is 12.1. The van der Waals surface area contributed by atoms with E-state index in [4.69, 9.17) is 25.8 Å². The molecule has 0 aliphatic rings. The minimum Gasteiger partial charge on any atom is -0.493 e. The lowest BCUT2D eigenvalue weighted by atomic mass is 10.2. The van der Waals surface area contributed by atoms with Crippen molar-refractivity contribution in [1.82, 2.24) is 4.83 Å². The summed E-state index contributed by atoms with van der Waals surface area (Å²) >= 11 is 5.75. The van der Waals surface area contributed by atoms with E-state index in [1.54, 1.807) is 12.1 Å². The van der Waals surface area contributed by atoms with E-state index in [1.165, 1.54) is 51.8 Å². The zero-order valence-corrected chi connectivity index (χ0v) is 15.4. The van der Waals surface area contributed by atoms with Crippen molar-refractivity contribution < 1.29 is 22.6 Å². The molecule has 9 heteroatoms. The SMILES string of the molecule is COc1cc(/C=N/NS(=O)(=O)c2ccc(Cl)cc2)cc(OC)c1OC. The normalized spacial score (nSPS) is 11.4. The number of ether oxygens (including phenoxy) is 3. The quantitative estimate of drug-likeness (QED) is 0.586. The standard InChI is InChI=1S/C16H17ClN2O5S/c1-22-14-8-11(9-15(23-2)16(14)24-3)10-18-19-25(20,21)13-6-4-12(17)5-7-13/h4-10,19H,1-3H3/b18-10+. The number of nitrogens with one attached hydrogen (secondary N) is 1. The van der Waals surface area contributed by atoms with Gasteiger partial charge in [0.05, 0.1) is 32.4 Å². The van der Waals surface area contributed by atoms with Crippen LogP contribution < -0.4 is 19.0 Å². The van der Waals surface area contributed by atoms with Crippen LogP contribution in [0.1, 0.15) is 5.56 Å². The fraction of sp³-hybridized carbons (Fsp3) is 0.188.